The monoisotopic (exact) mass is 506 g/mol. The number of carbonyl (C=O) groups excluding carboxylic acids is 2. The van der Waals surface area contributed by atoms with E-state index in [1.807, 2.05) is 24.3 Å². The molecule has 2 aliphatic heterocycles. The van der Waals surface area contributed by atoms with E-state index < -0.39 is 17.8 Å². The fourth-order valence-electron chi connectivity index (χ4n) is 6.33. The maximum Gasteiger partial charge on any atom is 0.433 e. The van der Waals surface area contributed by atoms with Crippen LogP contribution in [0.1, 0.15) is 58.8 Å². The Morgan fingerprint density at radius 1 is 0.919 bits per heavy atom. The van der Waals surface area contributed by atoms with Crippen LogP contribution in [0.25, 0.3) is 11.1 Å². The Balaban J connectivity index is 1.14. The molecule has 2 saturated heterocycles. The van der Waals surface area contributed by atoms with Crippen LogP contribution in [0.4, 0.5) is 18.0 Å². The summed E-state index contributed by atoms with van der Waals surface area (Å²) in [6.07, 6.45) is -1.62. The number of halogens is 3. The van der Waals surface area contributed by atoms with E-state index in [9.17, 15) is 22.8 Å². The molecule has 2 bridgehead atoms. The van der Waals surface area contributed by atoms with E-state index in [1.165, 1.54) is 6.07 Å². The first kappa shape index (κ1) is 23.7. The first-order chi connectivity index (χ1) is 17.8. The number of aromatic nitrogens is 1. The zero-order valence-electron chi connectivity index (χ0n) is 19.9. The van der Waals surface area contributed by atoms with Crippen molar-refractivity contribution in [2.75, 3.05) is 6.61 Å². The van der Waals surface area contributed by atoms with Gasteiger partial charge in [0, 0.05) is 35.7 Å². The molecule has 0 spiro atoms. The van der Waals surface area contributed by atoms with Crippen molar-refractivity contribution in [1.29, 1.82) is 0 Å². The topological polar surface area (TPSA) is 59.5 Å². The summed E-state index contributed by atoms with van der Waals surface area (Å²) < 4.78 is 45.1. The van der Waals surface area contributed by atoms with Crippen LogP contribution in [0.2, 0.25) is 0 Å². The van der Waals surface area contributed by atoms with Gasteiger partial charge in [-0.1, -0.05) is 48.5 Å². The normalized spacial score (nSPS) is 22.5. The molecule has 190 valence electrons. The van der Waals surface area contributed by atoms with Crippen molar-refractivity contribution in [3.8, 4) is 11.1 Å². The van der Waals surface area contributed by atoms with Gasteiger partial charge in [-0.25, -0.2) is 4.79 Å². The smallest absolute Gasteiger partial charge is 0.433 e. The number of rotatable bonds is 4. The number of ketones is 1. The Kier molecular flexibility index (Phi) is 5.77. The summed E-state index contributed by atoms with van der Waals surface area (Å²) in [6.45, 7) is 0.225. The van der Waals surface area contributed by atoms with Crippen LogP contribution in [0.5, 0.6) is 0 Å². The number of alkyl halides is 3. The van der Waals surface area contributed by atoms with Gasteiger partial charge in [0.25, 0.3) is 0 Å². The Morgan fingerprint density at radius 2 is 1.51 bits per heavy atom. The number of Topliss-reactive ketones (excluding diaryl/α,β-unsaturated/α-hetero) is 1. The van der Waals surface area contributed by atoms with E-state index in [2.05, 4.69) is 29.2 Å². The van der Waals surface area contributed by atoms with Crippen molar-refractivity contribution in [3.63, 3.8) is 0 Å². The number of pyridine rings is 1. The van der Waals surface area contributed by atoms with Crippen molar-refractivity contribution < 1.29 is 27.5 Å². The predicted molar refractivity (Wildman–Crippen MR) is 130 cm³/mol. The molecule has 2 atom stereocenters. The molecule has 3 aliphatic rings. The molecule has 1 aromatic heterocycles. The predicted octanol–water partition coefficient (Wildman–Crippen LogP) is 6.48. The Labute approximate surface area is 212 Å². The summed E-state index contributed by atoms with van der Waals surface area (Å²) in [4.78, 5) is 31.4. The molecule has 1 amide bonds. The number of carbonyl (C=O) groups is 2. The van der Waals surface area contributed by atoms with Gasteiger partial charge in [-0.3, -0.25) is 9.78 Å². The zero-order chi connectivity index (χ0) is 25.7. The summed E-state index contributed by atoms with van der Waals surface area (Å²) >= 11 is 0. The van der Waals surface area contributed by atoms with Crippen LogP contribution in [0.15, 0.2) is 66.9 Å². The van der Waals surface area contributed by atoms with Gasteiger partial charge in [-0.15, -0.1) is 0 Å². The number of amides is 1. The molecule has 5 nitrogen and oxygen atoms in total. The fraction of sp³-hybridized carbons (Fsp3) is 0.345. The third-order valence-corrected chi connectivity index (χ3v) is 7.99. The number of hydrogen-bond donors (Lipinski definition) is 0. The van der Waals surface area contributed by atoms with E-state index in [0.29, 0.717) is 12.8 Å². The van der Waals surface area contributed by atoms with Crippen LogP contribution in [0, 0.1) is 5.92 Å². The molecule has 0 saturated carbocycles. The van der Waals surface area contributed by atoms with E-state index in [-0.39, 0.29) is 42.0 Å². The molecular weight excluding hydrogens is 481 g/mol. The lowest BCUT2D eigenvalue weighted by Gasteiger charge is -2.37. The summed E-state index contributed by atoms with van der Waals surface area (Å²) in [7, 11) is 0. The highest BCUT2D eigenvalue weighted by molar-refractivity contribution is 5.98. The highest BCUT2D eigenvalue weighted by Crippen LogP contribution is 2.45. The van der Waals surface area contributed by atoms with E-state index in [1.54, 1.807) is 4.90 Å². The average Bonchev–Trinajstić information content (AvgIpc) is 3.37. The molecule has 0 radical (unpaired) electrons. The van der Waals surface area contributed by atoms with Crippen LogP contribution < -0.4 is 0 Å². The second-order valence-electron chi connectivity index (χ2n) is 10.1. The average molecular weight is 507 g/mol. The van der Waals surface area contributed by atoms with Crippen LogP contribution in [-0.4, -0.2) is 40.5 Å². The fourth-order valence-corrected chi connectivity index (χ4v) is 6.33. The van der Waals surface area contributed by atoms with Gasteiger partial charge in [0.15, 0.2) is 5.78 Å². The SMILES string of the molecule is O=C(c1ccnc(C(F)(F)F)c1)C1CC2CCC(C1)N2C(=O)OCC1c2ccccc2-c2ccccc21. The molecular formula is C29H25F3N2O3. The van der Waals surface area contributed by atoms with Crippen molar-refractivity contribution >= 4 is 11.9 Å². The highest BCUT2D eigenvalue weighted by atomic mass is 19.4. The maximum absolute atomic E-state index is 13.2. The first-order valence-corrected chi connectivity index (χ1v) is 12.5. The molecule has 1 aliphatic carbocycles. The maximum atomic E-state index is 13.2. The van der Waals surface area contributed by atoms with E-state index in [4.69, 9.17) is 4.74 Å². The van der Waals surface area contributed by atoms with Crippen LogP contribution in [-0.2, 0) is 10.9 Å². The van der Waals surface area contributed by atoms with Crippen LogP contribution in [0.3, 0.4) is 0 Å². The van der Waals surface area contributed by atoms with Gasteiger partial charge >= 0.3 is 12.3 Å². The van der Waals surface area contributed by atoms with Crippen molar-refractivity contribution in [2.45, 2.75) is 49.9 Å². The Bertz CT molecular complexity index is 1310. The van der Waals surface area contributed by atoms with E-state index in [0.717, 1.165) is 47.4 Å². The van der Waals surface area contributed by atoms with Gasteiger partial charge in [-0.05, 0) is 60.1 Å². The number of ether oxygens (including phenoxy) is 1. The minimum atomic E-state index is -4.61. The highest BCUT2D eigenvalue weighted by Gasteiger charge is 2.46. The Morgan fingerprint density at radius 3 is 2.11 bits per heavy atom. The standard InChI is InChI=1S/C29H25F3N2O3/c30-29(31,32)26-15-17(11-12-33-26)27(35)18-13-19-9-10-20(14-18)34(19)28(36)37-16-25-23-7-3-1-5-21(23)22-6-2-4-8-24(22)25/h1-8,11-12,15,18-20,25H,9-10,13-14,16H2. The van der Waals surface area contributed by atoms with Gasteiger partial charge in [-0.2, -0.15) is 13.2 Å². The number of fused-ring (bicyclic) bond motifs is 5. The minimum Gasteiger partial charge on any atom is -0.448 e. The summed E-state index contributed by atoms with van der Waals surface area (Å²) in [6, 6.07) is 18.1. The number of benzene rings is 2. The molecule has 2 fully saturated rings. The summed E-state index contributed by atoms with van der Waals surface area (Å²) in [5.74, 6) is -0.793. The third-order valence-electron chi connectivity index (χ3n) is 7.99. The summed E-state index contributed by atoms with van der Waals surface area (Å²) in [5, 5.41) is 0. The molecule has 3 aromatic rings. The number of piperidine rings is 1. The lowest BCUT2D eigenvalue weighted by atomic mass is 9.85. The molecule has 8 heteroatoms. The third kappa shape index (κ3) is 4.18. The molecule has 3 heterocycles. The van der Waals surface area contributed by atoms with E-state index >= 15 is 0 Å². The molecule has 2 aromatic carbocycles. The Hall–Kier alpha value is -3.68. The van der Waals surface area contributed by atoms with Gasteiger partial charge in [0.05, 0.1) is 0 Å². The first-order valence-electron chi connectivity index (χ1n) is 12.5. The molecule has 0 N–H and O–H groups in total. The van der Waals surface area contributed by atoms with Gasteiger partial charge in [0.1, 0.15) is 12.3 Å². The van der Waals surface area contributed by atoms with Crippen molar-refractivity contribution in [1.82, 2.24) is 9.88 Å². The largest absolute Gasteiger partial charge is 0.448 e. The van der Waals surface area contributed by atoms with Crippen molar-refractivity contribution in [2.24, 2.45) is 5.92 Å². The number of nitrogens with zero attached hydrogens (tertiary/aromatic N) is 2. The molecule has 2 unspecified atom stereocenters. The molecule has 6 rings (SSSR count). The summed E-state index contributed by atoms with van der Waals surface area (Å²) in [5.41, 5.74) is 3.53. The second-order valence-corrected chi connectivity index (χ2v) is 10.1. The van der Waals surface area contributed by atoms with Gasteiger partial charge < -0.3 is 9.64 Å². The number of hydrogen-bond acceptors (Lipinski definition) is 4. The minimum absolute atomic E-state index is 0.0151. The quantitative estimate of drug-likeness (QED) is 0.380. The van der Waals surface area contributed by atoms with Crippen molar-refractivity contribution in [3.05, 3.63) is 89.2 Å². The van der Waals surface area contributed by atoms with Gasteiger partial charge in [0.2, 0.25) is 0 Å². The van der Waals surface area contributed by atoms with Crippen LogP contribution >= 0.6 is 0 Å². The molecule has 37 heavy (non-hydrogen) atoms. The second kappa shape index (κ2) is 9.01. The lowest BCUT2D eigenvalue weighted by molar-refractivity contribution is -0.141. The lowest BCUT2D eigenvalue weighted by Crippen LogP contribution is -2.48. The zero-order valence-corrected chi connectivity index (χ0v) is 19.9.